The van der Waals surface area contributed by atoms with Crippen LogP contribution in [0.5, 0.6) is 0 Å². The fourth-order valence-corrected chi connectivity index (χ4v) is 2.55. The van der Waals surface area contributed by atoms with Gasteiger partial charge in [-0.2, -0.15) is 0 Å². The maximum absolute atomic E-state index is 12.2. The fourth-order valence-electron chi connectivity index (χ4n) is 2.55. The van der Waals surface area contributed by atoms with Gasteiger partial charge in [-0.1, -0.05) is 29.8 Å². The summed E-state index contributed by atoms with van der Waals surface area (Å²) < 4.78 is 0. The molecule has 1 aromatic heterocycles. The maximum atomic E-state index is 12.2. The fraction of sp³-hybridized carbons (Fsp3) is 0.143. The average Bonchev–Trinajstić information content (AvgIpc) is 2.67. The Bertz CT molecular complexity index is 968. The van der Waals surface area contributed by atoms with Gasteiger partial charge in [0.25, 0.3) is 5.91 Å². The Morgan fingerprint density at radius 2 is 1.78 bits per heavy atom. The molecule has 0 aliphatic rings. The molecular weight excluding hydrogens is 340 g/mol. The van der Waals surface area contributed by atoms with Gasteiger partial charge in [0.1, 0.15) is 5.82 Å². The summed E-state index contributed by atoms with van der Waals surface area (Å²) in [7, 11) is 0. The van der Waals surface area contributed by atoms with E-state index in [1.54, 1.807) is 24.4 Å². The van der Waals surface area contributed by atoms with Gasteiger partial charge in [-0.15, -0.1) is 0 Å². The molecule has 2 amide bonds. The second kappa shape index (κ2) is 8.23. The highest BCUT2D eigenvalue weighted by Crippen LogP contribution is 2.20. The maximum Gasteiger partial charge on any atom is 0.251 e. The van der Waals surface area contributed by atoms with E-state index >= 15 is 0 Å². The van der Waals surface area contributed by atoms with Gasteiger partial charge in [-0.3, -0.25) is 9.59 Å². The molecule has 0 aliphatic heterocycles. The van der Waals surface area contributed by atoms with Gasteiger partial charge in [0.15, 0.2) is 0 Å². The Morgan fingerprint density at radius 1 is 1.00 bits per heavy atom. The number of amides is 2. The number of nitrogens with zero attached hydrogens (tertiary/aromatic N) is 2. The van der Waals surface area contributed by atoms with Crippen molar-refractivity contribution in [1.29, 1.82) is 0 Å². The number of aromatic nitrogens is 2. The molecule has 0 atom stereocenters. The lowest BCUT2D eigenvalue weighted by atomic mass is 10.1. The molecule has 27 heavy (non-hydrogen) atoms. The Balaban J connectivity index is 1.60. The Hall–Kier alpha value is -3.54. The highest BCUT2D eigenvalue weighted by atomic mass is 16.2. The van der Waals surface area contributed by atoms with E-state index in [0.717, 1.165) is 16.8 Å². The predicted octanol–water partition coefficient (Wildman–Crippen LogP) is 3.13. The van der Waals surface area contributed by atoms with Gasteiger partial charge in [0, 0.05) is 23.0 Å². The molecule has 0 saturated carbocycles. The van der Waals surface area contributed by atoms with E-state index in [1.807, 2.05) is 50.2 Å². The van der Waals surface area contributed by atoms with Crippen LogP contribution in [0, 0.1) is 13.8 Å². The largest absolute Gasteiger partial charge is 0.343 e. The molecule has 1 heterocycles. The lowest BCUT2D eigenvalue weighted by Gasteiger charge is -2.09. The number of anilines is 1. The van der Waals surface area contributed by atoms with E-state index < -0.39 is 0 Å². The third kappa shape index (κ3) is 4.98. The molecule has 136 valence electrons. The first-order valence-electron chi connectivity index (χ1n) is 8.56. The topological polar surface area (TPSA) is 84.0 Å². The summed E-state index contributed by atoms with van der Waals surface area (Å²) in [4.78, 5) is 32.7. The minimum atomic E-state index is -0.300. The summed E-state index contributed by atoms with van der Waals surface area (Å²) in [6, 6.07) is 16.4. The molecule has 0 radical (unpaired) electrons. The molecular formula is C21H20N4O2. The predicted molar refractivity (Wildman–Crippen MR) is 104 cm³/mol. The standard InChI is InChI=1S/C21H20N4O2/c1-14-6-8-16(9-7-14)21(27)23-13-20(26)25-18-5-3-4-17(12-18)19-10-11-22-15(2)24-19/h3-12H,13H2,1-2H3,(H,23,27)(H,25,26). The van der Waals surface area contributed by atoms with Crippen LogP contribution in [0.2, 0.25) is 0 Å². The number of benzene rings is 2. The number of carbonyl (C=O) groups is 2. The summed E-state index contributed by atoms with van der Waals surface area (Å²) >= 11 is 0. The van der Waals surface area contributed by atoms with Crippen molar-refractivity contribution in [3.8, 4) is 11.3 Å². The van der Waals surface area contributed by atoms with E-state index in [9.17, 15) is 9.59 Å². The van der Waals surface area contributed by atoms with Crippen LogP contribution in [0.3, 0.4) is 0 Å². The lowest BCUT2D eigenvalue weighted by molar-refractivity contribution is -0.115. The van der Waals surface area contributed by atoms with Crippen LogP contribution in [0.25, 0.3) is 11.3 Å². The SMILES string of the molecule is Cc1ccc(C(=O)NCC(=O)Nc2cccc(-c3ccnc(C)n3)c2)cc1. The molecule has 3 rings (SSSR count). The molecule has 6 nitrogen and oxygen atoms in total. The quantitative estimate of drug-likeness (QED) is 0.732. The Labute approximate surface area is 157 Å². The molecule has 0 unspecified atom stereocenters. The molecule has 2 N–H and O–H groups in total. The third-order valence-corrected chi connectivity index (χ3v) is 3.94. The Kier molecular flexibility index (Phi) is 5.56. The lowest BCUT2D eigenvalue weighted by Crippen LogP contribution is -2.32. The van der Waals surface area contributed by atoms with E-state index in [4.69, 9.17) is 0 Å². The zero-order chi connectivity index (χ0) is 19.2. The van der Waals surface area contributed by atoms with Crippen LogP contribution >= 0.6 is 0 Å². The van der Waals surface area contributed by atoms with Crippen LogP contribution in [0.1, 0.15) is 21.7 Å². The minimum Gasteiger partial charge on any atom is -0.343 e. The van der Waals surface area contributed by atoms with Crippen molar-refractivity contribution in [3.63, 3.8) is 0 Å². The summed E-state index contributed by atoms with van der Waals surface area (Å²) in [5, 5.41) is 5.41. The van der Waals surface area contributed by atoms with Gasteiger partial charge in [-0.05, 0) is 44.2 Å². The number of carbonyl (C=O) groups excluding carboxylic acids is 2. The Morgan fingerprint density at radius 3 is 2.52 bits per heavy atom. The normalized spacial score (nSPS) is 10.3. The number of rotatable bonds is 5. The summed E-state index contributed by atoms with van der Waals surface area (Å²) in [5.74, 6) is 0.0996. The van der Waals surface area contributed by atoms with Gasteiger partial charge < -0.3 is 10.6 Å². The van der Waals surface area contributed by atoms with Crippen molar-refractivity contribution in [3.05, 3.63) is 77.7 Å². The van der Waals surface area contributed by atoms with Crippen molar-refractivity contribution < 1.29 is 9.59 Å². The average molecular weight is 360 g/mol. The molecule has 0 bridgehead atoms. The summed E-state index contributed by atoms with van der Waals surface area (Å²) in [6.07, 6.45) is 1.70. The van der Waals surface area contributed by atoms with Crippen molar-refractivity contribution in [2.75, 3.05) is 11.9 Å². The highest BCUT2D eigenvalue weighted by molar-refractivity contribution is 5.99. The van der Waals surface area contributed by atoms with Crippen LogP contribution in [0.15, 0.2) is 60.8 Å². The first kappa shape index (κ1) is 18.3. The monoisotopic (exact) mass is 360 g/mol. The molecule has 0 spiro atoms. The van der Waals surface area contributed by atoms with E-state index in [1.165, 1.54) is 0 Å². The molecule has 0 saturated heterocycles. The zero-order valence-electron chi connectivity index (χ0n) is 15.2. The highest BCUT2D eigenvalue weighted by Gasteiger charge is 2.09. The van der Waals surface area contributed by atoms with Crippen LogP contribution in [0.4, 0.5) is 5.69 Å². The van der Waals surface area contributed by atoms with Crippen molar-refractivity contribution in [1.82, 2.24) is 15.3 Å². The molecule has 0 aliphatic carbocycles. The van der Waals surface area contributed by atoms with Crippen molar-refractivity contribution >= 4 is 17.5 Å². The van der Waals surface area contributed by atoms with Crippen LogP contribution in [-0.2, 0) is 4.79 Å². The van der Waals surface area contributed by atoms with Gasteiger partial charge in [0.05, 0.1) is 12.2 Å². The van der Waals surface area contributed by atoms with Crippen LogP contribution < -0.4 is 10.6 Å². The van der Waals surface area contributed by atoms with Gasteiger partial charge >= 0.3 is 0 Å². The second-order valence-corrected chi connectivity index (χ2v) is 6.17. The van der Waals surface area contributed by atoms with Crippen molar-refractivity contribution in [2.45, 2.75) is 13.8 Å². The van der Waals surface area contributed by atoms with E-state index in [2.05, 4.69) is 20.6 Å². The summed E-state index contributed by atoms with van der Waals surface area (Å²) in [6.45, 7) is 3.67. The first-order chi connectivity index (χ1) is 13.0. The smallest absolute Gasteiger partial charge is 0.251 e. The van der Waals surface area contributed by atoms with E-state index in [-0.39, 0.29) is 18.4 Å². The number of hydrogen-bond acceptors (Lipinski definition) is 4. The second-order valence-electron chi connectivity index (χ2n) is 6.17. The number of aryl methyl sites for hydroxylation is 2. The minimum absolute atomic E-state index is 0.108. The van der Waals surface area contributed by atoms with E-state index in [0.29, 0.717) is 17.1 Å². The third-order valence-electron chi connectivity index (χ3n) is 3.94. The number of nitrogens with one attached hydrogen (secondary N) is 2. The van der Waals surface area contributed by atoms with Crippen molar-refractivity contribution in [2.24, 2.45) is 0 Å². The van der Waals surface area contributed by atoms with Gasteiger partial charge in [-0.25, -0.2) is 9.97 Å². The van der Waals surface area contributed by atoms with Gasteiger partial charge in [0.2, 0.25) is 5.91 Å². The summed E-state index contributed by atoms with van der Waals surface area (Å²) in [5.41, 5.74) is 3.89. The molecule has 6 heteroatoms. The molecule has 0 fully saturated rings. The first-order valence-corrected chi connectivity index (χ1v) is 8.56. The molecule has 2 aromatic carbocycles. The molecule has 3 aromatic rings. The zero-order valence-corrected chi connectivity index (χ0v) is 15.2. The van der Waals surface area contributed by atoms with Crippen LogP contribution in [-0.4, -0.2) is 28.3 Å². The number of hydrogen-bond donors (Lipinski definition) is 2.